The Morgan fingerprint density at radius 1 is 1.08 bits per heavy atom. The number of ether oxygens (including phenoxy) is 4. The van der Waals surface area contributed by atoms with Gasteiger partial charge in [0.25, 0.3) is 0 Å². The van der Waals surface area contributed by atoms with Crippen LogP contribution in [0.4, 0.5) is 4.79 Å². The Hall–Kier alpha value is -2.64. The van der Waals surface area contributed by atoms with Gasteiger partial charge in [0.1, 0.15) is 5.60 Å². The molecule has 1 aromatic rings. The fourth-order valence-corrected chi connectivity index (χ4v) is 2.36. The average molecular weight is 369 g/mol. The molecule has 1 amide bonds. The number of hydrogen-bond acceptors (Lipinski definition) is 6. The molecule has 0 aliphatic heterocycles. The third-order valence-corrected chi connectivity index (χ3v) is 3.49. The van der Waals surface area contributed by atoms with Crippen molar-refractivity contribution < 1.29 is 33.6 Å². The van der Waals surface area contributed by atoms with Gasteiger partial charge in [-0.15, -0.1) is 0 Å². The first-order valence-electron chi connectivity index (χ1n) is 8.10. The van der Waals surface area contributed by atoms with Gasteiger partial charge in [-0.2, -0.15) is 0 Å². The van der Waals surface area contributed by atoms with Crippen LogP contribution in [-0.2, 0) is 16.0 Å². The SMILES string of the molecule is COc1ccc(C[C@@H](CNC(=O)OC(C)(C)C)C(=O)O)c(OC)c1OC. The molecule has 0 radical (unpaired) electrons. The first-order chi connectivity index (χ1) is 12.1. The molecule has 0 saturated heterocycles. The lowest BCUT2D eigenvalue weighted by Crippen LogP contribution is -2.37. The summed E-state index contributed by atoms with van der Waals surface area (Å²) < 4.78 is 21.0. The smallest absolute Gasteiger partial charge is 0.407 e. The van der Waals surface area contributed by atoms with Crippen LogP contribution in [0, 0.1) is 5.92 Å². The number of carbonyl (C=O) groups is 2. The van der Waals surface area contributed by atoms with Crippen molar-refractivity contribution in [1.29, 1.82) is 0 Å². The second-order valence-electron chi connectivity index (χ2n) is 6.62. The molecular formula is C18H27NO7. The molecular weight excluding hydrogens is 342 g/mol. The second kappa shape index (κ2) is 9.17. The Morgan fingerprint density at radius 3 is 2.15 bits per heavy atom. The van der Waals surface area contributed by atoms with Gasteiger partial charge < -0.3 is 29.4 Å². The molecule has 2 N–H and O–H groups in total. The first-order valence-corrected chi connectivity index (χ1v) is 8.10. The predicted octanol–water partition coefficient (Wildman–Crippen LogP) is 2.48. The van der Waals surface area contributed by atoms with Crippen LogP contribution in [0.15, 0.2) is 12.1 Å². The fourth-order valence-electron chi connectivity index (χ4n) is 2.36. The summed E-state index contributed by atoms with van der Waals surface area (Å²) in [4.78, 5) is 23.3. The Balaban J connectivity index is 2.94. The first kappa shape index (κ1) is 21.4. The highest BCUT2D eigenvalue weighted by molar-refractivity contribution is 5.73. The predicted molar refractivity (Wildman–Crippen MR) is 95.2 cm³/mol. The van der Waals surface area contributed by atoms with Crippen molar-refractivity contribution in [1.82, 2.24) is 5.32 Å². The van der Waals surface area contributed by atoms with Gasteiger partial charge in [-0.1, -0.05) is 6.07 Å². The summed E-state index contributed by atoms with van der Waals surface area (Å²) in [5.74, 6) is -0.647. The summed E-state index contributed by atoms with van der Waals surface area (Å²) in [6.45, 7) is 5.11. The van der Waals surface area contributed by atoms with E-state index in [4.69, 9.17) is 18.9 Å². The van der Waals surface area contributed by atoms with Crippen molar-refractivity contribution in [2.45, 2.75) is 32.8 Å². The number of benzene rings is 1. The third-order valence-electron chi connectivity index (χ3n) is 3.49. The number of alkyl carbamates (subject to hydrolysis) is 1. The van der Waals surface area contributed by atoms with Gasteiger partial charge in [0.15, 0.2) is 11.5 Å². The molecule has 0 aliphatic carbocycles. The van der Waals surface area contributed by atoms with Gasteiger partial charge in [0.05, 0.1) is 27.2 Å². The molecule has 0 aromatic heterocycles. The highest BCUT2D eigenvalue weighted by Gasteiger charge is 2.25. The molecule has 0 heterocycles. The minimum atomic E-state index is -1.04. The van der Waals surface area contributed by atoms with E-state index >= 15 is 0 Å². The van der Waals surface area contributed by atoms with E-state index in [2.05, 4.69) is 5.32 Å². The maximum atomic E-state index is 11.8. The largest absolute Gasteiger partial charge is 0.493 e. The molecule has 146 valence electrons. The molecule has 0 bridgehead atoms. The monoisotopic (exact) mass is 369 g/mol. The lowest BCUT2D eigenvalue weighted by atomic mass is 9.98. The maximum absolute atomic E-state index is 11.8. The molecule has 1 atom stereocenters. The molecule has 0 aliphatic rings. The van der Waals surface area contributed by atoms with Crippen molar-refractivity contribution in [3.05, 3.63) is 17.7 Å². The van der Waals surface area contributed by atoms with Gasteiger partial charge in [0, 0.05) is 6.54 Å². The van der Waals surface area contributed by atoms with Crippen LogP contribution in [0.2, 0.25) is 0 Å². The van der Waals surface area contributed by atoms with E-state index in [1.165, 1.54) is 21.3 Å². The zero-order chi connectivity index (χ0) is 19.9. The highest BCUT2D eigenvalue weighted by Crippen LogP contribution is 2.40. The Labute approximate surface area is 153 Å². The van der Waals surface area contributed by atoms with E-state index in [-0.39, 0.29) is 13.0 Å². The van der Waals surface area contributed by atoms with Gasteiger partial charge in [-0.3, -0.25) is 4.79 Å². The van der Waals surface area contributed by atoms with E-state index in [0.29, 0.717) is 22.8 Å². The number of rotatable bonds is 8. The van der Waals surface area contributed by atoms with Crippen LogP contribution >= 0.6 is 0 Å². The van der Waals surface area contributed by atoms with Crippen molar-refractivity contribution in [3.8, 4) is 17.2 Å². The second-order valence-corrected chi connectivity index (χ2v) is 6.62. The summed E-state index contributed by atoms with van der Waals surface area (Å²) in [7, 11) is 4.44. The minimum Gasteiger partial charge on any atom is -0.493 e. The van der Waals surface area contributed by atoms with Crippen LogP contribution in [0.25, 0.3) is 0 Å². The topological polar surface area (TPSA) is 103 Å². The molecule has 0 spiro atoms. The Morgan fingerprint density at radius 2 is 1.69 bits per heavy atom. The summed E-state index contributed by atoms with van der Waals surface area (Å²) in [6, 6.07) is 3.39. The van der Waals surface area contributed by atoms with E-state index in [0.717, 1.165) is 0 Å². The van der Waals surface area contributed by atoms with Crippen LogP contribution in [0.1, 0.15) is 26.3 Å². The number of carboxylic acids is 1. The summed E-state index contributed by atoms with van der Waals surface area (Å²) >= 11 is 0. The van der Waals surface area contributed by atoms with Crippen LogP contribution < -0.4 is 19.5 Å². The minimum absolute atomic E-state index is 0.0816. The number of amides is 1. The normalized spacial score (nSPS) is 12.1. The van der Waals surface area contributed by atoms with E-state index in [1.54, 1.807) is 32.9 Å². The molecule has 0 fully saturated rings. The van der Waals surface area contributed by atoms with Gasteiger partial charge in [0.2, 0.25) is 5.75 Å². The molecule has 26 heavy (non-hydrogen) atoms. The summed E-state index contributed by atoms with van der Waals surface area (Å²) in [5, 5.41) is 12.0. The van der Waals surface area contributed by atoms with E-state index < -0.39 is 23.6 Å². The molecule has 1 rings (SSSR count). The standard InChI is InChI=1S/C18H27NO7/c1-18(2,3)26-17(22)19-10-12(16(20)21)9-11-7-8-13(23-4)15(25-6)14(11)24-5/h7-8,12H,9-10H2,1-6H3,(H,19,22)(H,20,21)/t12-/m0/s1. The van der Waals surface area contributed by atoms with Gasteiger partial charge >= 0.3 is 12.1 Å². The lowest BCUT2D eigenvalue weighted by molar-refractivity contribution is -0.141. The molecule has 8 heteroatoms. The molecule has 0 saturated carbocycles. The van der Waals surface area contributed by atoms with Crippen molar-refractivity contribution >= 4 is 12.1 Å². The Kier molecular flexibility index (Phi) is 7.55. The maximum Gasteiger partial charge on any atom is 0.407 e. The Bertz CT molecular complexity index is 637. The summed E-state index contributed by atoms with van der Waals surface area (Å²) in [5.41, 5.74) is -0.0291. The number of nitrogens with one attached hydrogen (secondary N) is 1. The van der Waals surface area contributed by atoms with Crippen LogP contribution in [-0.4, -0.2) is 50.6 Å². The van der Waals surface area contributed by atoms with Gasteiger partial charge in [-0.25, -0.2) is 4.79 Å². The fraction of sp³-hybridized carbons (Fsp3) is 0.556. The number of carboxylic acid groups (broad SMARTS) is 1. The highest BCUT2D eigenvalue weighted by atomic mass is 16.6. The van der Waals surface area contributed by atoms with Crippen molar-refractivity contribution in [3.63, 3.8) is 0 Å². The number of hydrogen-bond donors (Lipinski definition) is 2. The molecule has 0 unspecified atom stereocenters. The van der Waals surface area contributed by atoms with E-state index in [1.807, 2.05) is 0 Å². The third kappa shape index (κ3) is 6.02. The number of methoxy groups -OCH3 is 3. The van der Waals surface area contributed by atoms with E-state index in [9.17, 15) is 14.7 Å². The number of aliphatic carboxylic acids is 1. The summed E-state index contributed by atoms with van der Waals surface area (Å²) in [6.07, 6.45) is -0.530. The van der Waals surface area contributed by atoms with Crippen molar-refractivity contribution in [2.24, 2.45) is 5.92 Å². The quantitative estimate of drug-likeness (QED) is 0.725. The zero-order valence-corrected chi connectivity index (χ0v) is 16.0. The number of carbonyl (C=O) groups excluding carboxylic acids is 1. The molecule has 1 aromatic carbocycles. The lowest BCUT2D eigenvalue weighted by Gasteiger charge is -2.21. The molecule has 8 nitrogen and oxygen atoms in total. The van der Waals surface area contributed by atoms with Crippen LogP contribution in [0.5, 0.6) is 17.2 Å². The van der Waals surface area contributed by atoms with Crippen LogP contribution in [0.3, 0.4) is 0 Å². The van der Waals surface area contributed by atoms with Crippen molar-refractivity contribution in [2.75, 3.05) is 27.9 Å². The van der Waals surface area contributed by atoms with Gasteiger partial charge in [-0.05, 0) is 38.8 Å². The average Bonchev–Trinajstić information content (AvgIpc) is 2.55. The zero-order valence-electron chi connectivity index (χ0n) is 16.0.